The van der Waals surface area contributed by atoms with Gasteiger partial charge in [0, 0.05) is 22.0 Å². The van der Waals surface area contributed by atoms with Gasteiger partial charge in [-0.2, -0.15) is 0 Å². The lowest BCUT2D eigenvalue weighted by Crippen LogP contribution is -2.38. The Balaban J connectivity index is 2.06. The molecule has 0 aromatic carbocycles. The van der Waals surface area contributed by atoms with E-state index in [0.29, 0.717) is 11.3 Å². The molecule has 2 rings (SSSR count). The summed E-state index contributed by atoms with van der Waals surface area (Å²) in [7, 11) is 0. The van der Waals surface area contributed by atoms with E-state index in [2.05, 4.69) is 39.2 Å². The van der Waals surface area contributed by atoms with Crippen LogP contribution in [0.4, 0.5) is 0 Å². The zero-order valence-electron chi connectivity index (χ0n) is 11.6. The van der Waals surface area contributed by atoms with Gasteiger partial charge in [0.1, 0.15) is 5.03 Å². The summed E-state index contributed by atoms with van der Waals surface area (Å²) in [5.41, 5.74) is 0. The van der Waals surface area contributed by atoms with E-state index in [1.54, 1.807) is 0 Å². The molecule has 2 nitrogen and oxygen atoms in total. The SMILES string of the molecule is CCNC1CCCCCCC1Sc1ncccc1Br. The molecule has 1 N–H and O–H groups in total. The second-order valence-electron chi connectivity index (χ2n) is 5.10. The molecule has 1 aliphatic rings. The van der Waals surface area contributed by atoms with Crippen molar-refractivity contribution in [1.82, 2.24) is 10.3 Å². The Morgan fingerprint density at radius 2 is 2.11 bits per heavy atom. The van der Waals surface area contributed by atoms with E-state index in [-0.39, 0.29) is 0 Å². The number of nitrogens with one attached hydrogen (secondary N) is 1. The number of hydrogen-bond acceptors (Lipinski definition) is 3. The van der Waals surface area contributed by atoms with Crippen LogP contribution in [0.15, 0.2) is 27.8 Å². The van der Waals surface area contributed by atoms with Crippen LogP contribution in [0.1, 0.15) is 45.4 Å². The van der Waals surface area contributed by atoms with Gasteiger partial charge in [-0.15, -0.1) is 11.8 Å². The van der Waals surface area contributed by atoms with Gasteiger partial charge in [-0.1, -0.05) is 32.6 Å². The highest BCUT2D eigenvalue weighted by Crippen LogP contribution is 2.34. The molecule has 1 aromatic heterocycles. The lowest BCUT2D eigenvalue weighted by atomic mass is 9.96. The predicted octanol–water partition coefficient (Wildman–Crippen LogP) is 4.64. The zero-order chi connectivity index (χ0) is 13.5. The standard InChI is InChI=1S/C15H23BrN2S/c1-2-17-13-9-5-3-4-6-10-14(13)19-15-12(16)8-7-11-18-15/h7-8,11,13-14,17H,2-6,9-10H2,1H3. The molecule has 2 unspecified atom stereocenters. The van der Waals surface area contributed by atoms with Crippen LogP contribution in [0, 0.1) is 0 Å². The van der Waals surface area contributed by atoms with Gasteiger partial charge in [-0.05, 0) is 47.4 Å². The molecule has 0 aliphatic heterocycles. The van der Waals surface area contributed by atoms with Crippen molar-refractivity contribution in [3.63, 3.8) is 0 Å². The van der Waals surface area contributed by atoms with Crippen molar-refractivity contribution in [2.24, 2.45) is 0 Å². The third-order valence-electron chi connectivity index (χ3n) is 3.66. The number of hydrogen-bond donors (Lipinski definition) is 1. The summed E-state index contributed by atoms with van der Waals surface area (Å²) >= 11 is 5.55. The highest BCUT2D eigenvalue weighted by atomic mass is 79.9. The number of pyridine rings is 1. The molecule has 1 heterocycles. The Kier molecular flexibility index (Phi) is 6.68. The molecule has 19 heavy (non-hydrogen) atoms. The van der Waals surface area contributed by atoms with E-state index in [1.807, 2.05) is 24.0 Å². The maximum Gasteiger partial charge on any atom is 0.110 e. The summed E-state index contributed by atoms with van der Waals surface area (Å²) in [6, 6.07) is 4.69. The monoisotopic (exact) mass is 342 g/mol. The molecule has 0 amide bonds. The summed E-state index contributed by atoms with van der Waals surface area (Å²) in [5.74, 6) is 0. The molecular weight excluding hydrogens is 320 g/mol. The molecule has 1 fully saturated rings. The first-order chi connectivity index (χ1) is 9.31. The third-order valence-corrected chi connectivity index (χ3v) is 5.97. The largest absolute Gasteiger partial charge is 0.313 e. The highest BCUT2D eigenvalue weighted by Gasteiger charge is 2.24. The fourth-order valence-electron chi connectivity index (χ4n) is 2.69. The fraction of sp³-hybridized carbons (Fsp3) is 0.667. The van der Waals surface area contributed by atoms with Crippen LogP contribution >= 0.6 is 27.7 Å². The van der Waals surface area contributed by atoms with Gasteiger partial charge >= 0.3 is 0 Å². The van der Waals surface area contributed by atoms with Gasteiger partial charge < -0.3 is 5.32 Å². The highest BCUT2D eigenvalue weighted by molar-refractivity contribution is 9.10. The van der Waals surface area contributed by atoms with Crippen LogP contribution < -0.4 is 5.32 Å². The van der Waals surface area contributed by atoms with Gasteiger partial charge in [-0.3, -0.25) is 0 Å². The molecule has 2 atom stereocenters. The Morgan fingerprint density at radius 3 is 2.84 bits per heavy atom. The van der Waals surface area contributed by atoms with Crippen molar-refractivity contribution >= 4 is 27.7 Å². The number of thioether (sulfide) groups is 1. The summed E-state index contributed by atoms with van der Waals surface area (Å²) < 4.78 is 1.12. The molecular formula is C15H23BrN2S. The van der Waals surface area contributed by atoms with E-state index in [9.17, 15) is 0 Å². The van der Waals surface area contributed by atoms with E-state index >= 15 is 0 Å². The lowest BCUT2D eigenvalue weighted by molar-refractivity contribution is 0.406. The molecule has 1 saturated carbocycles. The minimum Gasteiger partial charge on any atom is -0.313 e. The fourth-order valence-corrected chi connectivity index (χ4v) is 4.49. The van der Waals surface area contributed by atoms with Gasteiger partial charge in [-0.25, -0.2) is 4.98 Å². The minimum atomic E-state index is 0.629. The maximum absolute atomic E-state index is 4.51. The topological polar surface area (TPSA) is 24.9 Å². The van der Waals surface area contributed by atoms with Crippen molar-refractivity contribution in [1.29, 1.82) is 0 Å². The van der Waals surface area contributed by atoms with Gasteiger partial charge in [0.05, 0.1) is 0 Å². The molecule has 1 aromatic rings. The number of halogens is 1. The van der Waals surface area contributed by atoms with Crippen LogP contribution in [0.3, 0.4) is 0 Å². The van der Waals surface area contributed by atoms with Crippen molar-refractivity contribution in [2.75, 3.05) is 6.54 Å². The van der Waals surface area contributed by atoms with Gasteiger partial charge in [0.25, 0.3) is 0 Å². The van der Waals surface area contributed by atoms with Crippen molar-refractivity contribution in [3.8, 4) is 0 Å². The molecule has 0 bridgehead atoms. The van der Waals surface area contributed by atoms with Crippen LogP contribution in [0.2, 0.25) is 0 Å². The molecule has 0 spiro atoms. The minimum absolute atomic E-state index is 0.629. The van der Waals surface area contributed by atoms with Crippen molar-refractivity contribution in [2.45, 2.75) is 61.8 Å². The molecule has 106 valence electrons. The average molecular weight is 343 g/mol. The molecule has 0 saturated heterocycles. The van der Waals surface area contributed by atoms with Gasteiger partial charge in [0.2, 0.25) is 0 Å². The van der Waals surface area contributed by atoms with Crippen LogP contribution in [-0.2, 0) is 0 Å². The van der Waals surface area contributed by atoms with Crippen LogP contribution in [0.25, 0.3) is 0 Å². The molecule has 1 aliphatic carbocycles. The molecule has 4 heteroatoms. The number of rotatable bonds is 4. The van der Waals surface area contributed by atoms with Crippen LogP contribution in [0.5, 0.6) is 0 Å². The Labute approximate surface area is 129 Å². The van der Waals surface area contributed by atoms with Gasteiger partial charge in [0.15, 0.2) is 0 Å². The third kappa shape index (κ3) is 4.76. The average Bonchev–Trinajstić information content (AvgIpc) is 2.39. The second kappa shape index (κ2) is 8.28. The maximum atomic E-state index is 4.51. The van der Waals surface area contributed by atoms with Crippen molar-refractivity contribution in [3.05, 3.63) is 22.8 Å². The second-order valence-corrected chi connectivity index (χ2v) is 7.18. The Morgan fingerprint density at radius 1 is 1.32 bits per heavy atom. The van der Waals surface area contributed by atoms with E-state index in [0.717, 1.165) is 16.0 Å². The Hall–Kier alpha value is -0.0600. The number of nitrogens with zero attached hydrogens (tertiary/aromatic N) is 1. The van der Waals surface area contributed by atoms with E-state index in [1.165, 1.54) is 38.5 Å². The number of aromatic nitrogens is 1. The van der Waals surface area contributed by atoms with E-state index in [4.69, 9.17) is 0 Å². The van der Waals surface area contributed by atoms with Crippen molar-refractivity contribution < 1.29 is 0 Å². The summed E-state index contributed by atoms with van der Waals surface area (Å²) in [6.07, 6.45) is 9.98. The van der Waals surface area contributed by atoms with Crippen LogP contribution in [-0.4, -0.2) is 22.8 Å². The summed E-state index contributed by atoms with van der Waals surface area (Å²) in [6.45, 7) is 3.27. The predicted molar refractivity (Wildman–Crippen MR) is 86.7 cm³/mol. The molecule has 0 radical (unpaired) electrons. The first kappa shape index (κ1) is 15.3. The normalized spacial score (nSPS) is 24.7. The zero-order valence-corrected chi connectivity index (χ0v) is 14.0. The quantitative estimate of drug-likeness (QED) is 0.862. The van der Waals surface area contributed by atoms with E-state index < -0.39 is 0 Å². The summed E-state index contributed by atoms with van der Waals surface area (Å²) in [4.78, 5) is 4.51. The lowest BCUT2D eigenvalue weighted by Gasteiger charge is -2.29. The first-order valence-electron chi connectivity index (χ1n) is 7.32. The first-order valence-corrected chi connectivity index (χ1v) is 8.99. The smallest absolute Gasteiger partial charge is 0.110 e. The summed E-state index contributed by atoms with van der Waals surface area (Å²) in [5, 5.41) is 5.46. The Bertz CT molecular complexity index is 386.